The molecule has 0 aliphatic rings. The average molecular weight is 272 g/mol. The second-order valence-corrected chi connectivity index (χ2v) is 4.38. The van der Waals surface area contributed by atoms with Crippen LogP contribution in [0.25, 0.3) is 0 Å². The van der Waals surface area contributed by atoms with Crippen LogP contribution in [0, 0.1) is 5.82 Å². The lowest BCUT2D eigenvalue weighted by Gasteiger charge is -2.20. The van der Waals surface area contributed by atoms with E-state index in [1.54, 1.807) is 6.07 Å². The van der Waals surface area contributed by atoms with Crippen LogP contribution in [-0.4, -0.2) is 46.4 Å². The van der Waals surface area contributed by atoms with Crippen LogP contribution in [0.15, 0.2) is 18.2 Å². The van der Waals surface area contributed by atoms with Gasteiger partial charge in [-0.2, -0.15) is 0 Å². The summed E-state index contributed by atoms with van der Waals surface area (Å²) in [6.07, 6.45) is 0. The van der Waals surface area contributed by atoms with E-state index in [0.717, 1.165) is 0 Å². The molecule has 0 heterocycles. The van der Waals surface area contributed by atoms with Crippen molar-refractivity contribution in [3.8, 4) is 0 Å². The topological polar surface area (TPSA) is 69.7 Å². The van der Waals surface area contributed by atoms with E-state index >= 15 is 0 Å². The first-order valence-corrected chi connectivity index (χ1v) is 6.01. The van der Waals surface area contributed by atoms with Gasteiger partial charge in [-0.1, -0.05) is 12.2 Å². The third kappa shape index (κ3) is 4.66. The molecule has 0 aliphatic heterocycles. The Kier molecular flexibility index (Phi) is 6.14. The molecule has 0 bridgehead atoms. The zero-order valence-electron chi connectivity index (χ0n) is 9.97. The summed E-state index contributed by atoms with van der Waals surface area (Å²) in [5, 5.41) is 17.8. The van der Waals surface area contributed by atoms with Gasteiger partial charge in [0, 0.05) is 25.2 Å². The van der Waals surface area contributed by atoms with E-state index in [9.17, 15) is 4.39 Å². The van der Waals surface area contributed by atoms with Gasteiger partial charge in [-0.3, -0.25) is 4.90 Å². The van der Waals surface area contributed by atoms with Crippen molar-refractivity contribution in [2.75, 3.05) is 26.3 Å². The molecule has 1 aromatic rings. The molecule has 0 aromatic heterocycles. The van der Waals surface area contributed by atoms with Crippen LogP contribution in [0.3, 0.4) is 0 Å². The predicted molar refractivity (Wildman–Crippen MR) is 71.7 cm³/mol. The SMILES string of the molecule is NC(=S)c1cc(F)cc(CN(CCO)CCO)c1. The van der Waals surface area contributed by atoms with E-state index < -0.39 is 5.82 Å². The fourth-order valence-electron chi connectivity index (χ4n) is 1.69. The Hall–Kier alpha value is -1.08. The maximum Gasteiger partial charge on any atom is 0.124 e. The van der Waals surface area contributed by atoms with Gasteiger partial charge in [-0.25, -0.2) is 4.39 Å². The van der Waals surface area contributed by atoms with Crippen molar-refractivity contribution < 1.29 is 14.6 Å². The molecule has 0 saturated heterocycles. The Balaban J connectivity index is 2.84. The zero-order chi connectivity index (χ0) is 13.5. The summed E-state index contributed by atoms with van der Waals surface area (Å²) in [4.78, 5) is 1.96. The lowest BCUT2D eigenvalue weighted by atomic mass is 10.1. The fourth-order valence-corrected chi connectivity index (χ4v) is 1.81. The van der Waals surface area contributed by atoms with Gasteiger partial charge >= 0.3 is 0 Å². The molecule has 0 amide bonds. The first-order valence-electron chi connectivity index (χ1n) is 5.60. The minimum atomic E-state index is -0.400. The number of halogens is 1. The quantitative estimate of drug-likeness (QED) is 0.621. The smallest absolute Gasteiger partial charge is 0.124 e. The largest absolute Gasteiger partial charge is 0.395 e. The molecule has 4 nitrogen and oxygen atoms in total. The second-order valence-electron chi connectivity index (χ2n) is 3.94. The van der Waals surface area contributed by atoms with Gasteiger partial charge in [-0.15, -0.1) is 0 Å². The van der Waals surface area contributed by atoms with E-state index in [1.165, 1.54) is 12.1 Å². The Labute approximate surface area is 111 Å². The van der Waals surface area contributed by atoms with Crippen molar-refractivity contribution in [3.63, 3.8) is 0 Å². The van der Waals surface area contributed by atoms with Crippen LogP contribution in [-0.2, 0) is 6.54 Å². The summed E-state index contributed by atoms with van der Waals surface area (Å²) in [6, 6.07) is 4.39. The molecule has 1 aromatic carbocycles. The van der Waals surface area contributed by atoms with Crippen molar-refractivity contribution in [3.05, 3.63) is 35.1 Å². The van der Waals surface area contributed by atoms with Gasteiger partial charge in [-0.05, 0) is 23.8 Å². The molecule has 0 fully saturated rings. The Bertz CT molecular complexity index is 409. The molecule has 1 rings (SSSR count). The number of nitrogens with zero attached hydrogens (tertiary/aromatic N) is 1. The minimum absolute atomic E-state index is 0.0164. The molecule has 4 N–H and O–H groups in total. The van der Waals surface area contributed by atoms with Crippen molar-refractivity contribution >= 4 is 17.2 Å². The van der Waals surface area contributed by atoms with Gasteiger partial charge in [0.15, 0.2) is 0 Å². The molecule has 0 radical (unpaired) electrons. The van der Waals surface area contributed by atoms with Gasteiger partial charge in [0.05, 0.1) is 13.2 Å². The Morgan fingerprint density at radius 2 is 1.83 bits per heavy atom. The van der Waals surface area contributed by atoms with Crippen LogP contribution < -0.4 is 5.73 Å². The van der Waals surface area contributed by atoms with E-state index in [0.29, 0.717) is 30.8 Å². The summed E-state index contributed by atoms with van der Waals surface area (Å²) < 4.78 is 13.4. The molecule has 0 atom stereocenters. The van der Waals surface area contributed by atoms with Gasteiger partial charge in [0.25, 0.3) is 0 Å². The highest BCUT2D eigenvalue weighted by atomic mass is 32.1. The Morgan fingerprint density at radius 3 is 2.33 bits per heavy atom. The van der Waals surface area contributed by atoms with Gasteiger partial charge in [0.1, 0.15) is 10.8 Å². The maximum atomic E-state index is 13.4. The summed E-state index contributed by atoms with van der Waals surface area (Å²) >= 11 is 4.81. The normalized spacial score (nSPS) is 10.9. The van der Waals surface area contributed by atoms with E-state index in [1.807, 2.05) is 4.90 Å². The lowest BCUT2D eigenvalue weighted by molar-refractivity contribution is 0.156. The molecular weight excluding hydrogens is 255 g/mol. The summed E-state index contributed by atoms with van der Waals surface area (Å²) in [5.74, 6) is -0.400. The van der Waals surface area contributed by atoms with Crippen LogP contribution in [0.5, 0.6) is 0 Å². The monoisotopic (exact) mass is 272 g/mol. The van der Waals surface area contributed by atoms with Crippen LogP contribution in [0.1, 0.15) is 11.1 Å². The van der Waals surface area contributed by atoms with Crippen molar-refractivity contribution in [1.82, 2.24) is 4.90 Å². The highest BCUT2D eigenvalue weighted by Gasteiger charge is 2.08. The van der Waals surface area contributed by atoms with E-state index in [2.05, 4.69) is 0 Å². The zero-order valence-corrected chi connectivity index (χ0v) is 10.8. The Morgan fingerprint density at radius 1 is 1.22 bits per heavy atom. The van der Waals surface area contributed by atoms with Gasteiger partial charge in [0.2, 0.25) is 0 Å². The lowest BCUT2D eigenvalue weighted by Crippen LogP contribution is -2.29. The number of thiocarbonyl (C=S) groups is 1. The number of hydrogen-bond acceptors (Lipinski definition) is 4. The first-order chi connectivity index (χ1) is 8.56. The predicted octanol–water partition coefficient (Wildman–Crippen LogP) is 0.246. The van der Waals surface area contributed by atoms with Gasteiger partial charge < -0.3 is 15.9 Å². The molecular formula is C12H17FN2O2S. The maximum absolute atomic E-state index is 13.4. The summed E-state index contributed by atoms with van der Waals surface area (Å²) in [7, 11) is 0. The molecule has 18 heavy (non-hydrogen) atoms. The summed E-state index contributed by atoms with van der Waals surface area (Å²) in [5.41, 5.74) is 6.66. The van der Waals surface area contributed by atoms with E-state index in [4.69, 9.17) is 28.2 Å². The van der Waals surface area contributed by atoms with E-state index in [-0.39, 0.29) is 18.2 Å². The highest BCUT2D eigenvalue weighted by Crippen LogP contribution is 2.11. The first kappa shape index (κ1) is 15.0. The van der Waals surface area contributed by atoms with Crippen LogP contribution >= 0.6 is 12.2 Å². The molecule has 0 aliphatic carbocycles. The van der Waals surface area contributed by atoms with Crippen molar-refractivity contribution in [2.24, 2.45) is 5.73 Å². The second kappa shape index (κ2) is 7.38. The van der Waals surface area contributed by atoms with Crippen LogP contribution in [0.2, 0.25) is 0 Å². The third-order valence-corrected chi connectivity index (χ3v) is 2.72. The molecule has 6 heteroatoms. The average Bonchev–Trinajstić information content (AvgIpc) is 2.28. The molecule has 0 unspecified atom stereocenters. The number of nitrogens with two attached hydrogens (primary N) is 1. The fraction of sp³-hybridized carbons (Fsp3) is 0.417. The van der Waals surface area contributed by atoms with Crippen LogP contribution in [0.4, 0.5) is 4.39 Å². The molecule has 100 valence electrons. The molecule has 0 saturated carbocycles. The third-order valence-electron chi connectivity index (χ3n) is 2.48. The summed E-state index contributed by atoms with van der Waals surface area (Å²) in [6.45, 7) is 1.22. The molecule has 0 spiro atoms. The number of aliphatic hydroxyl groups is 2. The number of rotatable bonds is 7. The number of aliphatic hydroxyl groups excluding tert-OH is 2. The highest BCUT2D eigenvalue weighted by molar-refractivity contribution is 7.80. The number of benzene rings is 1. The minimum Gasteiger partial charge on any atom is -0.395 e. The van der Waals surface area contributed by atoms with Crippen molar-refractivity contribution in [1.29, 1.82) is 0 Å². The number of hydrogen-bond donors (Lipinski definition) is 3. The standard InChI is InChI=1S/C12H17FN2O2S/c13-11-6-9(5-10(7-11)12(14)18)8-15(1-3-16)2-4-17/h5-7,16-17H,1-4,8H2,(H2,14,18). The van der Waals surface area contributed by atoms with Crippen molar-refractivity contribution in [2.45, 2.75) is 6.54 Å².